The van der Waals surface area contributed by atoms with Crippen molar-refractivity contribution in [2.75, 3.05) is 27.2 Å². The van der Waals surface area contributed by atoms with Crippen LogP contribution in [0.3, 0.4) is 0 Å². The maximum absolute atomic E-state index is 13.2. The van der Waals surface area contributed by atoms with Crippen LogP contribution in [0.1, 0.15) is 175 Å². The van der Waals surface area contributed by atoms with Gasteiger partial charge in [0.1, 0.15) is 12.7 Å². The molecule has 0 aliphatic heterocycles. The predicted molar refractivity (Wildman–Crippen MR) is 171 cm³/mol. The fraction of sp³-hybridized carbons (Fsp3) is 0.943. The van der Waals surface area contributed by atoms with Crippen LogP contribution in [0.5, 0.6) is 0 Å². The molecular formula is C35H69NO4. The van der Waals surface area contributed by atoms with E-state index in [1.807, 2.05) is 0 Å². The minimum absolute atomic E-state index is 0.0197. The van der Waals surface area contributed by atoms with Crippen LogP contribution in [0.4, 0.5) is 0 Å². The molecule has 0 saturated heterocycles. The van der Waals surface area contributed by atoms with Crippen molar-refractivity contribution >= 4 is 11.9 Å². The van der Waals surface area contributed by atoms with E-state index in [0.29, 0.717) is 6.42 Å². The Morgan fingerprint density at radius 1 is 0.575 bits per heavy atom. The Morgan fingerprint density at radius 2 is 1.02 bits per heavy atom. The van der Waals surface area contributed by atoms with Crippen LogP contribution >= 0.6 is 0 Å². The number of carbonyl (C=O) groups is 2. The van der Waals surface area contributed by atoms with Crippen molar-refractivity contribution in [3.8, 4) is 0 Å². The molecule has 0 spiro atoms. The van der Waals surface area contributed by atoms with Gasteiger partial charge in [-0.25, -0.2) is 0 Å². The summed E-state index contributed by atoms with van der Waals surface area (Å²) < 4.78 is 11.7. The van der Waals surface area contributed by atoms with E-state index in [2.05, 4.69) is 39.8 Å². The third-order valence-electron chi connectivity index (χ3n) is 7.97. The number of nitrogens with zero attached hydrogens (tertiary/aromatic N) is 1. The third-order valence-corrected chi connectivity index (χ3v) is 7.97. The van der Waals surface area contributed by atoms with Gasteiger partial charge in [-0.1, -0.05) is 130 Å². The zero-order valence-electron chi connectivity index (χ0n) is 27.6. The minimum atomic E-state index is -0.319. The second kappa shape index (κ2) is 29.4. The van der Waals surface area contributed by atoms with Gasteiger partial charge in [-0.3, -0.25) is 9.59 Å². The van der Waals surface area contributed by atoms with E-state index in [1.54, 1.807) is 0 Å². The number of unbranched alkanes of at least 4 members (excludes halogenated alkanes) is 16. The summed E-state index contributed by atoms with van der Waals surface area (Å²) in [5.41, 5.74) is 0. The van der Waals surface area contributed by atoms with Gasteiger partial charge in [-0.15, -0.1) is 0 Å². The molecule has 238 valence electrons. The van der Waals surface area contributed by atoms with E-state index in [-0.39, 0.29) is 30.6 Å². The molecule has 0 aromatic carbocycles. The van der Waals surface area contributed by atoms with Crippen LogP contribution in [-0.4, -0.2) is 50.2 Å². The smallest absolute Gasteiger partial charge is 0.309 e. The van der Waals surface area contributed by atoms with E-state index in [1.165, 1.54) is 89.9 Å². The molecule has 0 aromatic rings. The Bertz CT molecular complexity index is 552. The summed E-state index contributed by atoms with van der Waals surface area (Å²) in [4.78, 5) is 27.9. The van der Waals surface area contributed by atoms with Gasteiger partial charge in [-0.2, -0.15) is 0 Å². The van der Waals surface area contributed by atoms with E-state index in [0.717, 1.165) is 64.3 Å². The molecule has 0 fully saturated rings. The number of ether oxygens (including phenoxy) is 2. The van der Waals surface area contributed by atoms with E-state index in [4.69, 9.17) is 9.47 Å². The van der Waals surface area contributed by atoms with Gasteiger partial charge in [-0.05, 0) is 59.2 Å². The Hall–Kier alpha value is -1.10. The average Bonchev–Trinajstić information content (AvgIpc) is 2.93. The predicted octanol–water partition coefficient (Wildman–Crippen LogP) is 10.0. The van der Waals surface area contributed by atoms with Gasteiger partial charge in [0.25, 0.3) is 0 Å². The highest BCUT2D eigenvalue weighted by atomic mass is 16.6. The van der Waals surface area contributed by atoms with Gasteiger partial charge in [0.15, 0.2) is 0 Å². The summed E-state index contributed by atoms with van der Waals surface area (Å²) in [6.45, 7) is 7.90. The van der Waals surface area contributed by atoms with E-state index < -0.39 is 0 Å². The summed E-state index contributed by atoms with van der Waals surface area (Å²) in [7, 11) is 4.10. The maximum Gasteiger partial charge on any atom is 0.309 e. The molecule has 0 aliphatic carbocycles. The molecule has 1 unspecified atom stereocenters. The molecule has 5 nitrogen and oxygen atoms in total. The van der Waals surface area contributed by atoms with Crippen LogP contribution in [-0.2, 0) is 19.1 Å². The lowest BCUT2D eigenvalue weighted by Crippen LogP contribution is -2.28. The zero-order valence-corrected chi connectivity index (χ0v) is 27.6. The summed E-state index contributed by atoms with van der Waals surface area (Å²) in [6.07, 6.45) is 26.6. The molecule has 0 radical (unpaired) electrons. The molecule has 1 atom stereocenters. The summed E-state index contributed by atoms with van der Waals surface area (Å²) >= 11 is 0. The number of rotatable bonds is 30. The Morgan fingerprint density at radius 3 is 1.50 bits per heavy atom. The molecule has 40 heavy (non-hydrogen) atoms. The van der Waals surface area contributed by atoms with Crippen LogP contribution < -0.4 is 0 Å². The van der Waals surface area contributed by atoms with Crippen molar-refractivity contribution in [1.82, 2.24) is 4.90 Å². The standard InChI is InChI=1S/C35H69NO4/c1-6-9-12-15-16-17-20-23-28-33(40-34(37)29-24-25-30-36(4)5)31-39-35(38)32(26-21-18-13-10-7-2)27-22-19-14-11-8-3/h32-33H,6-31H2,1-5H3. The Kier molecular flexibility index (Phi) is 28.6. The summed E-state index contributed by atoms with van der Waals surface area (Å²) in [6, 6.07) is 0. The first-order valence-electron chi connectivity index (χ1n) is 17.4. The number of hydrogen-bond acceptors (Lipinski definition) is 5. The van der Waals surface area contributed by atoms with Crippen molar-refractivity contribution in [3.63, 3.8) is 0 Å². The second-order valence-corrected chi connectivity index (χ2v) is 12.4. The summed E-state index contributed by atoms with van der Waals surface area (Å²) in [5.74, 6) is -0.245. The lowest BCUT2D eigenvalue weighted by molar-refractivity contribution is -0.162. The van der Waals surface area contributed by atoms with Crippen molar-refractivity contribution in [3.05, 3.63) is 0 Å². The van der Waals surface area contributed by atoms with E-state index >= 15 is 0 Å². The highest BCUT2D eigenvalue weighted by molar-refractivity contribution is 5.72. The maximum atomic E-state index is 13.2. The molecule has 0 N–H and O–H groups in total. The van der Waals surface area contributed by atoms with Gasteiger partial charge in [0.2, 0.25) is 0 Å². The van der Waals surface area contributed by atoms with Crippen LogP contribution in [0.25, 0.3) is 0 Å². The SMILES string of the molecule is CCCCCCCCCCC(COC(=O)C(CCCCCCC)CCCCCCC)OC(=O)CCCCN(C)C. The third kappa shape index (κ3) is 25.8. The number of carbonyl (C=O) groups excluding carboxylic acids is 2. The Balaban J connectivity index is 4.80. The van der Waals surface area contributed by atoms with Crippen molar-refractivity contribution in [2.45, 2.75) is 181 Å². The largest absolute Gasteiger partial charge is 0.462 e. The first kappa shape index (κ1) is 38.9. The fourth-order valence-electron chi connectivity index (χ4n) is 5.29. The summed E-state index contributed by atoms with van der Waals surface area (Å²) in [5, 5.41) is 0. The molecule has 0 aromatic heterocycles. The molecule has 0 heterocycles. The normalized spacial score (nSPS) is 12.3. The Labute approximate surface area is 249 Å². The lowest BCUT2D eigenvalue weighted by Gasteiger charge is -2.21. The van der Waals surface area contributed by atoms with Crippen molar-refractivity contribution in [2.24, 2.45) is 5.92 Å². The highest BCUT2D eigenvalue weighted by Crippen LogP contribution is 2.21. The van der Waals surface area contributed by atoms with Gasteiger partial charge in [0.05, 0.1) is 5.92 Å². The highest BCUT2D eigenvalue weighted by Gasteiger charge is 2.22. The van der Waals surface area contributed by atoms with Crippen molar-refractivity contribution < 1.29 is 19.1 Å². The fourth-order valence-corrected chi connectivity index (χ4v) is 5.29. The van der Waals surface area contributed by atoms with Crippen LogP contribution in [0.2, 0.25) is 0 Å². The molecular weight excluding hydrogens is 498 g/mol. The molecule has 0 aliphatic rings. The molecule has 0 rings (SSSR count). The molecule has 0 amide bonds. The first-order chi connectivity index (χ1) is 19.4. The zero-order chi connectivity index (χ0) is 29.7. The topological polar surface area (TPSA) is 55.8 Å². The second-order valence-electron chi connectivity index (χ2n) is 12.4. The van der Waals surface area contributed by atoms with E-state index in [9.17, 15) is 9.59 Å². The lowest BCUT2D eigenvalue weighted by atomic mass is 9.94. The van der Waals surface area contributed by atoms with Crippen LogP contribution in [0.15, 0.2) is 0 Å². The quantitative estimate of drug-likeness (QED) is 0.0638. The monoisotopic (exact) mass is 568 g/mol. The number of hydrogen-bond donors (Lipinski definition) is 0. The number of esters is 2. The van der Waals surface area contributed by atoms with Gasteiger partial charge >= 0.3 is 11.9 Å². The van der Waals surface area contributed by atoms with Gasteiger partial charge in [0, 0.05) is 6.42 Å². The molecule has 0 bridgehead atoms. The minimum Gasteiger partial charge on any atom is -0.462 e. The van der Waals surface area contributed by atoms with Gasteiger partial charge < -0.3 is 14.4 Å². The molecule has 0 saturated carbocycles. The van der Waals surface area contributed by atoms with Crippen molar-refractivity contribution in [1.29, 1.82) is 0 Å². The first-order valence-corrected chi connectivity index (χ1v) is 17.4. The van der Waals surface area contributed by atoms with Crippen LogP contribution in [0, 0.1) is 5.92 Å². The molecule has 5 heteroatoms. The average molecular weight is 568 g/mol.